The lowest BCUT2D eigenvalue weighted by molar-refractivity contribution is 0.122. The number of hydrogen-bond donors (Lipinski definition) is 1. The molecule has 0 atom stereocenters. The lowest BCUT2D eigenvalue weighted by Gasteiger charge is -2.00. The SMILES string of the molecule is CCn1cc(CNCc2cnn(CC(F)F)c2)cn1.Cl. The maximum atomic E-state index is 12.2. The molecule has 2 heterocycles. The number of aromatic nitrogens is 4. The maximum absolute atomic E-state index is 12.2. The predicted octanol–water partition coefficient (Wildman–Crippen LogP) is 2.08. The minimum Gasteiger partial charge on any atom is -0.308 e. The van der Waals surface area contributed by atoms with Crippen molar-refractivity contribution in [1.29, 1.82) is 0 Å². The van der Waals surface area contributed by atoms with Crippen LogP contribution in [0.3, 0.4) is 0 Å². The van der Waals surface area contributed by atoms with E-state index in [9.17, 15) is 8.78 Å². The van der Waals surface area contributed by atoms with Gasteiger partial charge < -0.3 is 5.32 Å². The van der Waals surface area contributed by atoms with Gasteiger partial charge in [0.1, 0.15) is 6.54 Å². The normalized spacial score (nSPS) is 10.8. The summed E-state index contributed by atoms with van der Waals surface area (Å²) < 4.78 is 27.4. The van der Waals surface area contributed by atoms with Crippen molar-refractivity contribution in [2.45, 2.75) is 39.5 Å². The van der Waals surface area contributed by atoms with Crippen LogP contribution in [0.4, 0.5) is 8.78 Å². The molecule has 0 aliphatic heterocycles. The Bertz CT molecular complexity index is 511. The smallest absolute Gasteiger partial charge is 0.257 e. The van der Waals surface area contributed by atoms with Gasteiger partial charge in [0.15, 0.2) is 0 Å². The van der Waals surface area contributed by atoms with E-state index in [0.29, 0.717) is 13.1 Å². The van der Waals surface area contributed by atoms with Crippen LogP contribution in [0.15, 0.2) is 24.8 Å². The molecule has 0 bridgehead atoms. The predicted molar refractivity (Wildman–Crippen MR) is 73.9 cm³/mol. The van der Waals surface area contributed by atoms with Crippen LogP contribution in [0.2, 0.25) is 0 Å². The number of aryl methyl sites for hydroxylation is 1. The van der Waals surface area contributed by atoms with E-state index >= 15 is 0 Å². The van der Waals surface area contributed by atoms with Gasteiger partial charge in [0.25, 0.3) is 6.43 Å². The summed E-state index contributed by atoms with van der Waals surface area (Å²) in [5.74, 6) is 0. The lowest BCUT2D eigenvalue weighted by Crippen LogP contribution is -2.12. The molecule has 112 valence electrons. The standard InChI is InChI=1S/C12H17F2N5.ClH/c1-2-18-7-10(5-16-18)3-15-4-11-6-17-19(8-11)9-12(13)14;/h5-8,12,15H,2-4,9H2,1H3;1H. The van der Waals surface area contributed by atoms with Crippen LogP contribution in [-0.2, 0) is 26.2 Å². The summed E-state index contributed by atoms with van der Waals surface area (Å²) in [6, 6.07) is 0. The molecule has 20 heavy (non-hydrogen) atoms. The van der Waals surface area contributed by atoms with E-state index < -0.39 is 6.43 Å². The molecule has 0 fully saturated rings. The number of rotatable bonds is 7. The highest BCUT2D eigenvalue weighted by Crippen LogP contribution is 2.03. The van der Waals surface area contributed by atoms with Crippen LogP contribution in [0, 0.1) is 0 Å². The van der Waals surface area contributed by atoms with Gasteiger partial charge in [-0.3, -0.25) is 9.36 Å². The molecule has 2 rings (SSSR count). The van der Waals surface area contributed by atoms with Crippen LogP contribution in [0.1, 0.15) is 18.1 Å². The molecule has 8 heteroatoms. The quantitative estimate of drug-likeness (QED) is 0.852. The highest BCUT2D eigenvalue weighted by molar-refractivity contribution is 5.85. The highest BCUT2D eigenvalue weighted by Gasteiger charge is 2.05. The minimum absolute atomic E-state index is 0. The largest absolute Gasteiger partial charge is 0.308 e. The molecule has 5 nitrogen and oxygen atoms in total. The van der Waals surface area contributed by atoms with Gasteiger partial charge in [-0.15, -0.1) is 12.4 Å². The third-order valence-corrected chi connectivity index (χ3v) is 2.68. The molecule has 0 aromatic carbocycles. The molecule has 2 aromatic rings. The van der Waals surface area contributed by atoms with Gasteiger partial charge >= 0.3 is 0 Å². The zero-order valence-electron chi connectivity index (χ0n) is 11.2. The average molecular weight is 306 g/mol. The van der Waals surface area contributed by atoms with Crippen molar-refractivity contribution in [3.8, 4) is 0 Å². The molecule has 0 saturated heterocycles. The van der Waals surface area contributed by atoms with Gasteiger partial charge in [0, 0.05) is 43.2 Å². The highest BCUT2D eigenvalue weighted by atomic mass is 35.5. The third kappa shape index (κ3) is 4.90. The molecule has 0 aliphatic carbocycles. The van der Waals surface area contributed by atoms with Crippen molar-refractivity contribution in [1.82, 2.24) is 24.9 Å². The Balaban J connectivity index is 0.00000200. The Kier molecular flexibility index (Phi) is 6.60. The fourth-order valence-electron chi connectivity index (χ4n) is 1.76. The number of nitrogens with one attached hydrogen (secondary N) is 1. The van der Waals surface area contributed by atoms with Crippen molar-refractivity contribution < 1.29 is 8.78 Å². The Morgan fingerprint density at radius 2 is 1.65 bits per heavy atom. The number of alkyl halides is 2. The Labute approximate surface area is 122 Å². The molecular formula is C12H18ClF2N5. The van der Waals surface area contributed by atoms with E-state index in [-0.39, 0.29) is 19.0 Å². The van der Waals surface area contributed by atoms with E-state index in [4.69, 9.17) is 0 Å². The fourth-order valence-corrected chi connectivity index (χ4v) is 1.76. The van der Waals surface area contributed by atoms with E-state index in [0.717, 1.165) is 17.7 Å². The molecule has 0 saturated carbocycles. The third-order valence-electron chi connectivity index (χ3n) is 2.68. The van der Waals surface area contributed by atoms with Gasteiger partial charge in [0.2, 0.25) is 0 Å². The summed E-state index contributed by atoms with van der Waals surface area (Å²) in [5.41, 5.74) is 1.99. The van der Waals surface area contributed by atoms with Crippen LogP contribution in [0.25, 0.3) is 0 Å². The Morgan fingerprint density at radius 1 is 1.10 bits per heavy atom. The fraction of sp³-hybridized carbons (Fsp3) is 0.500. The first-order chi connectivity index (χ1) is 9.17. The first-order valence-corrected chi connectivity index (χ1v) is 6.19. The van der Waals surface area contributed by atoms with Crippen LogP contribution < -0.4 is 5.32 Å². The van der Waals surface area contributed by atoms with Crippen molar-refractivity contribution in [2.75, 3.05) is 0 Å². The minimum atomic E-state index is -2.37. The average Bonchev–Trinajstić information content (AvgIpc) is 2.98. The molecular weight excluding hydrogens is 288 g/mol. The summed E-state index contributed by atoms with van der Waals surface area (Å²) in [6.07, 6.45) is 4.66. The van der Waals surface area contributed by atoms with Gasteiger partial charge in [-0.25, -0.2) is 8.78 Å². The molecule has 0 unspecified atom stereocenters. The summed E-state index contributed by atoms with van der Waals surface area (Å²) in [7, 11) is 0. The van der Waals surface area contributed by atoms with Crippen molar-refractivity contribution in [3.63, 3.8) is 0 Å². The number of nitrogens with zero attached hydrogens (tertiary/aromatic N) is 4. The van der Waals surface area contributed by atoms with Crippen LogP contribution in [-0.4, -0.2) is 26.0 Å². The molecule has 0 spiro atoms. The van der Waals surface area contributed by atoms with Crippen molar-refractivity contribution >= 4 is 12.4 Å². The summed E-state index contributed by atoms with van der Waals surface area (Å²) >= 11 is 0. The summed E-state index contributed by atoms with van der Waals surface area (Å²) in [5, 5.41) is 11.3. The Hall–Kier alpha value is -1.47. The van der Waals surface area contributed by atoms with Gasteiger partial charge in [-0.2, -0.15) is 10.2 Å². The summed E-state index contributed by atoms with van der Waals surface area (Å²) in [6.45, 7) is 3.81. The van der Waals surface area contributed by atoms with E-state index in [2.05, 4.69) is 15.5 Å². The van der Waals surface area contributed by atoms with E-state index in [1.54, 1.807) is 12.4 Å². The first-order valence-electron chi connectivity index (χ1n) is 6.19. The molecule has 0 radical (unpaired) electrons. The first kappa shape index (κ1) is 16.6. The molecule has 0 aliphatic rings. The van der Waals surface area contributed by atoms with Gasteiger partial charge in [-0.05, 0) is 6.92 Å². The van der Waals surface area contributed by atoms with E-state index in [1.165, 1.54) is 4.68 Å². The van der Waals surface area contributed by atoms with Crippen LogP contribution >= 0.6 is 12.4 Å². The summed E-state index contributed by atoms with van der Waals surface area (Å²) in [4.78, 5) is 0. The monoisotopic (exact) mass is 305 g/mol. The van der Waals surface area contributed by atoms with E-state index in [1.807, 2.05) is 24.0 Å². The second kappa shape index (κ2) is 7.96. The zero-order valence-corrected chi connectivity index (χ0v) is 12.0. The zero-order chi connectivity index (χ0) is 13.7. The topological polar surface area (TPSA) is 47.7 Å². The second-order valence-corrected chi connectivity index (χ2v) is 4.27. The molecule has 1 N–H and O–H groups in total. The van der Waals surface area contributed by atoms with Crippen LogP contribution in [0.5, 0.6) is 0 Å². The van der Waals surface area contributed by atoms with Gasteiger partial charge in [-0.1, -0.05) is 0 Å². The second-order valence-electron chi connectivity index (χ2n) is 4.27. The van der Waals surface area contributed by atoms with Crippen molar-refractivity contribution in [2.24, 2.45) is 0 Å². The molecule has 0 amide bonds. The Morgan fingerprint density at radius 3 is 2.15 bits per heavy atom. The van der Waals surface area contributed by atoms with Crippen molar-refractivity contribution in [3.05, 3.63) is 35.9 Å². The molecule has 2 aromatic heterocycles. The van der Waals surface area contributed by atoms with Gasteiger partial charge in [0.05, 0.1) is 12.4 Å². The maximum Gasteiger partial charge on any atom is 0.257 e. The number of hydrogen-bond acceptors (Lipinski definition) is 3. The lowest BCUT2D eigenvalue weighted by atomic mass is 10.3. The number of halogens is 3.